The predicted octanol–water partition coefficient (Wildman–Crippen LogP) is 5.77. The highest BCUT2D eigenvalue weighted by Crippen LogP contribution is 2.27. The van der Waals surface area contributed by atoms with Crippen molar-refractivity contribution in [1.82, 2.24) is 4.90 Å². The molecule has 2 aromatic carbocycles. The zero-order valence-electron chi connectivity index (χ0n) is 15.4. The van der Waals surface area contributed by atoms with Gasteiger partial charge < -0.3 is 9.64 Å². The van der Waals surface area contributed by atoms with Crippen LogP contribution in [0.25, 0.3) is 11.1 Å². The molecule has 2 aromatic rings. The maximum Gasteiger partial charge on any atom is 0.414 e. The number of benzene rings is 2. The number of aryl methyl sites for hydroxylation is 1. The van der Waals surface area contributed by atoms with Crippen LogP contribution in [-0.2, 0) is 0 Å². The molecule has 0 aliphatic carbocycles. The van der Waals surface area contributed by atoms with E-state index in [4.69, 9.17) is 4.74 Å². The third kappa shape index (κ3) is 6.55. The second-order valence-electron chi connectivity index (χ2n) is 4.61. The van der Waals surface area contributed by atoms with Gasteiger partial charge in [-0.1, -0.05) is 70.2 Å². The van der Waals surface area contributed by atoms with Crippen molar-refractivity contribution in [2.24, 2.45) is 0 Å². The highest BCUT2D eigenvalue weighted by atomic mass is 16.6. The lowest BCUT2D eigenvalue weighted by Crippen LogP contribution is -2.25. The number of nitrogens with zero attached hydrogens (tertiary/aromatic N) is 1. The topological polar surface area (TPSA) is 29.5 Å². The number of carbonyl (C=O) groups excluding carboxylic acids is 1. The van der Waals surface area contributed by atoms with Crippen molar-refractivity contribution in [2.75, 3.05) is 14.1 Å². The van der Waals surface area contributed by atoms with E-state index in [1.54, 1.807) is 14.1 Å². The maximum absolute atomic E-state index is 11.6. The molecule has 0 fully saturated rings. The van der Waals surface area contributed by atoms with Gasteiger partial charge >= 0.3 is 6.09 Å². The minimum absolute atomic E-state index is 0.367. The van der Waals surface area contributed by atoms with Crippen LogP contribution < -0.4 is 4.74 Å². The second-order valence-corrected chi connectivity index (χ2v) is 4.61. The molecule has 0 aliphatic heterocycles. The van der Waals surface area contributed by atoms with Crippen LogP contribution in [0.4, 0.5) is 4.79 Å². The van der Waals surface area contributed by atoms with Gasteiger partial charge in [0.15, 0.2) is 0 Å². The van der Waals surface area contributed by atoms with Gasteiger partial charge in [0.2, 0.25) is 0 Å². The molecule has 0 aromatic heterocycles. The van der Waals surface area contributed by atoms with E-state index in [0.717, 1.165) is 16.7 Å². The normalized spacial score (nSPS) is 8.83. The summed E-state index contributed by atoms with van der Waals surface area (Å²) in [5, 5.41) is 0. The molecule has 1 amide bonds. The van der Waals surface area contributed by atoms with Crippen molar-refractivity contribution in [3.63, 3.8) is 0 Å². The Kier molecular flexibility index (Phi) is 10.2. The Balaban J connectivity index is 0.00000112. The lowest BCUT2D eigenvalue weighted by molar-refractivity contribution is 0.171. The van der Waals surface area contributed by atoms with E-state index in [0.29, 0.717) is 5.75 Å². The molecule has 0 atom stereocenters. The van der Waals surface area contributed by atoms with E-state index in [-0.39, 0.29) is 6.09 Å². The fraction of sp³-hybridized carbons (Fsp3) is 0.350. The fourth-order valence-corrected chi connectivity index (χ4v) is 1.71. The molecule has 126 valence electrons. The molecule has 0 saturated carbocycles. The van der Waals surface area contributed by atoms with E-state index in [9.17, 15) is 4.79 Å². The Morgan fingerprint density at radius 3 is 1.96 bits per heavy atom. The summed E-state index contributed by atoms with van der Waals surface area (Å²) < 4.78 is 5.36. The zero-order chi connectivity index (χ0) is 17.8. The van der Waals surface area contributed by atoms with Gasteiger partial charge in [-0.25, -0.2) is 4.79 Å². The molecule has 0 spiro atoms. The minimum Gasteiger partial charge on any atom is -0.410 e. The van der Waals surface area contributed by atoms with Gasteiger partial charge in [-0.2, -0.15) is 0 Å². The van der Waals surface area contributed by atoms with Gasteiger partial charge in [0, 0.05) is 14.1 Å². The summed E-state index contributed by atoms with van der Waals surface area (Å²) in [4.78, 5) is 13.0. The quantitative estimate of drug-likeness (QED) is 0.703. The van der Waals surface area contributed by atoms with Crippen LogP contribution in [-0.4, -0.2) is 25.1 Å². The highest BCUT2D eigenvalue weighted by molar-refractivity contribution is 5.72. The van der Waals surface area contributed by atoms with E-state index >= 15 is 0 Å². The molecule has 0 bridgehead atoms. The Bertz CT molecular complexity index is 577. The average molecular weight is 315 g/mol. The average Bonchev–Trinajstić information content (AvgIpc) is 2.61. The molecule has 0 radical (unpaired) electrons. The number of hydrogen-bond acceptors (Lipinski definition) is 2. The molecule has 0 aliphatic rings. The van der Waals surface area contributed by atoms with Crippen molar-refractivity contribution in [3.8, 4) is 16.9 Å². The fourth-order valence-electron chi connectivity index (χ4n) is 1.71. The lowest BCUT2D eigenvalue weighted by atomic mass is 10.0. The van der Waals surface area contributed by atoms with E-state index in [1.165, 1.54) is 4.90 Å². The molecular formula is C20H29NO2. The van der Waals surface area contributed by atoms with E-state index < -0.39 is 0 Å². The van der Waals surface area contributed by atoms with Gasteiger partial charge in [-0.05, 0) is 29.7 Å². The minimum atomic E-state index is -0.367. The van der Waals surface area contributed by atoms with Crippen molar-refractivity contribution >= 4 is 6.09 Å². The molecule has 2 rings (SSSR count). The van der Waals surface area contributed by atoms with Crippen LogP contribution in [0.2, 0.25) is 0 Å². The summed E-state index contributed by atoms with van der Waals surface area (Å²) in [5.41, 5.74) is 3.08. The number of amides is 1. The summed E-state index contributed by atoms with van der Waals surface area (Å²) in [6.45, 7) is 9.92. The van der Waals surface area contributed by atoms with Gasteiger partial charge in [-0.15, -0.1) is 0 Å². The van der Waals surface area contributed by atoms with Gasteiger partial charge in [0.1, 0.15) is 5.75 Å². The summed E-state index contributed by atoms with van der Waals surface area (Å²) >= 11 is 0. The van der Waals surface area contributed by atoms with Gasteiger partial charge in [0.25, 0.3) is 0 Å². The van der Waals surface area contributed by atoms with Crippen LogP contribution >= 0.6 is 0 Å². The van der Waals surface area contributed by atoms with Crippen LogP contribution in [0.1, 0.15) is 33.3 Å². The van der Waals surface area contributed by atoms with Gasteiger partial charge in [-0.3, -0.25) is 0 Å². The molecule has 3 heteroatoms. The third-order valence-electron chi connectivity index (χ3n) is 2.86. The monoisotopic (exact) mass is 315 g/mol. The smallest absolute Gasteiger partial charge is 0.410 e. The molecule has 0 saturated heterocycles. The zero-order valence-corrected chi connectivity index (χ0v) is 15.4. The lowest BCUT2D eigenvalue weighted by Gasteiger charge is -2.13. The second kappa shape index (κ2) is 11.3. The van der Waals surface area contributed by atoms with Crippen molar-refractivity contribution < 1.29 is 9.53 Å². The summed E-state index contributed by atoms with van der Waals surface area (Å²) in [5.74, 6) is 0.597. The first-order chi connectivity index (χ1) is 11.1. The molecule has 0 heterocycles. The van der Waals surface area contributed by atoms with Crippen LogP contribution in [0.3, 0.4) is 0 Å². The Morgan fingerprint density at radius 2 is 1.43 bits per heavy atom. The number of hydrogen-bond donors (Lipinski definition) is 0. The van der Waals surface area contributed by atoms with E-state index in [2.05, 4.69) is 0 Å². The van der Waals surface area contributed by atoms with Crippen molar-refractivity contribution in [2.45, 2.75) is 34.6 Å². The van der Waals surface area contributed by atoms with Crippen LogP contribution in [0, 0.1) is 6.92 Å². The summed E-state index contributed by atoms with van der Waals surface area (Å²) in [7, 11) is 3.33. The Hall–Kier alpha value is -2.29. The van der Waals surface area contributed by atoms with E-state index in [1.807, 2.05) is 83.1 Å². The number of carbonyl (C=O) groups is 1. The Morgan fingerprint density at radius 1 is 0.870 bits per heavy atom. The SMILES string of the molecule is CC.CC.Cc1ccc(-c2ccccc2)cc1OC(=O)N(C)C. The maximum atomic E-state index is 11.6. The first kappa shape index (κ1) is 20.7. The van der Waals surface area contributed by atoms with Crippen LogP contribution in [0.5, 0.6) is 5.75 Å². The van der Waals surface area contributed by atoms with Gasteiger partial charge in [0.05, 0.1) is 0 Å². The molecule has 23 heavy (non-hydrogen) atoms. The Labute approximate surface area is 140 Å². The van der Waals surface area contributed by atoms with Crippen molar-refractivity contribution in [3.05, 3.63) is 54.1 Å². The largest absolute Gasteiger partial charge is 0.414 e. The summed E-state index contributed by atoms with van der Waals surface area (Å²) in [6, 6.07) is 15.9. The highest BCUT2D eigenvalue weighted by Gasteiger charge is 2.10. The number of ether oxygens (including phenoxy) is 1. The molecule has 0 unspecified atom stereocenters. The predicted molar refractivity (Wildman–Crippen MR) is 99.0 cm³/mol. The summed E-state index contributed by atoms with van der Waals surface area (Å²) in [6.07, 6.45) is -0.367. The first-order valence-electron chi connectivity index (χ1n) is 8.13. The molecule has 0 N–H and O–H groups in total. The van der Waals surface area contributed by atoms with Crippen molar-refractivity contribution in [1.29, 1.82) is 0 Å². The third-order valence-corrected chi connectivity index (χ3v) is 2.86. The standard InChI is InChI=1S/C16H17NO2.2C2H6/c1-12-9-10-14(13-7-5-4-6-8-13)11-15(12)19-16(18)17(2)3;2*1-2/h4-11H,1-3H3;2*1-2H3. The first-order valence-corrected chi connectivity index (χ1v) is 8.13. The number of rotatable bonds is 2. The molecular weight excluding hydrogens is 286 g/mol. The molecule has 3 nitrogen and oxygen atoms in total. The van der Waals surface area contributed by atoms with Crippen LogP contribution in [0.15, 0.2) is 48.5 Å².